The van der Waals surface area contributed by atoms with E-state index < -0.39 is 10.1 Å². The largest absolute Gasteiger partial charge is 0.317 e. The van der Waals surface area contributed by atoms with E-state index in [9.17, 15) is 8.42 Å². The average molecular weight is 275 g/mol. The van der Waals surface area contributed by atoms with E-state index >= 15 is 0 Å². The Balaban J connectivity index is 2.49. The highest BCUT2D eigenvalue weighted by atomic mass is 32.2. The van der Waals surface area contributed by atoms with Gasteiger partial charge in [-0.25, -0.2) is 0 Å². The topological polar surface area (TPSA) is 66.4 Å². The molecule has 0 aliphatic carbocycles. The van der Waals surface area contributed by atoms with Gasteiger partial charge in [0.1, 0.15) is 0 Å². The van der Waals surface area contributed by atoms with Crippen LogP contribution in [0, 0.1) is 5.92 Å². The molecule has 0 saturated carbocycles. The normalized spacial score (nSPS) is 19.1. The van der Waals surface area contributed by atoms with Crippen molar-refractivity contribution in [3.8, 4) is 0 Å². The molecule has 18 heavy (non-hydrogen) atoms. The maximum atomic E-state index is 10.7. The van der Waals surface area contributed by atoms with E-state index in [-0.39, 0.29) is 5.75 Å². The summed E-state index contributed by atoms with van der Waals surface area (Å²) in [5.41, 5.74) is 1.39. The van der Waals surface area contributed by atoms with Gasteiger partial charge >= 0.3 is 0 Å². The number of rotatable bonds is 7. The zero-order valence-electron chi connectivity index (χ0n) is 11.2. The molecule has 0 radical (unpaired) electrons. The van der Waals surface area contributed by atoms with Crippen LogP contribution in [-0.4, -0.2) is 31.8 Å². The van der Waals surface area contributed by atoms with E-state index in [1.807, 2.05) is 0 Å². The minimum atomic E-state index is -3.81. The van der Waals surface area contributed by atoms with Crippen molar-refractivity contribution in [3.63, 3.8) is 0 Å². The lowest BCUT2D eigenvalue weighted by Gasteiger charge is -2.25. The first kappa shape index (κ1) is 15.7. The Bertz CT molecular complexity index is 356. The summed E-state index contributed by atoms with van der Waals surface area (Å²) in [7, 11) is -3.81. The van der Waals surface area contributed by atoms with Crippen LogP contribution in [0.15, 0.2) is 11.6 Å². The summed E-state index contributed by atoms with van der Waals surface area (Å²) < 4.78 is 30.2. The van der Waals surface area contributed by atoms with Gasteiger partial charge in [-0.3, -0.25) is 4.55 Å². The molecule has 1 saturated heterocycles. The van der Waals surface area contributed by atoms with Crippen molar-refractivity contribution in [2.24, 2.45) is 5.92 Å². The van der Waals surface area contributed by atoms with Crippen LogP contribution in [0.5, 0.6) is 0 Å². The Morgan fingerprint density at radius 3 is 2.61 bits per heavy atom. The number of hydrogen-bond acceptors (Lipinski definition) is 3. The maximum Gasteiger partial charge on any atom is 0.264 e. The van der Waals surface area contributed by atoms with Crippen LogP contribution in [0.4, 0.5) is 0 Å². The van der Waals surface area contributed by atoms with Crippen molar-refractivity contribution >= 4 is 10.1 Å². The molecule has 0 unspecified atom stereocenters. The molecule has 0 amide bonds. The molecule has 0 bridgehead atoms. The lowest BCUT2D eigenvalue weighted by molar-refractivity contribution is 0.408. The van der Waals surface area contributed by atoms with Gasteiger partial charge in [-0.05, 0) is 51.1 Å². The van der Waals surface area contributed by atoms with E-state index in [1.165, 1.54) is 5.57 Å². The zero-order chi connectivity index (χ0) is 13.4. The van der Waals surface area contributed by atoms with E-state index in [4.69, 9.17) is 4.55 Å². The van der Waals surface area contributed by atoms with Gasteiger partial charge < -0.3 is 5.32 Å². The first-order chi connectivity index (χ1) is 8.53. The van der Waals surface area contributed by atoms with Gasteiger partial charge in [0.15, 0.2) is 0 Å². The lowest BCUT2D eigenvalue weighted by Crippen LogP contribution is -2.28. The standard InChI is InChI=1S/C13H25NO3S/c1-2-3-5-12(6-4-11-18(15,16)17)13-7-9-14-10-8-13/h5,13-14H,2-4,6-11H2,1H3,(H,15,16,17)/b12-5-. The SMILES string of the molecule is CCC/C=C(/CCCS(=O)(=O)O)C1CCNCC1. The summed E-state index contributed by atoms with van der Waals surface area (Å²) in [6, 6.07) is 0. The van der Waals surface area contributed by atoms with Gasteiger partial charge in [-0.1, -0.05) is 25.0 Å². The van der Waals surface area contributed by atoms with E-state index in [1.54, 1.807) is 0 Å². The molecule has 0 aromatic heterocycles. The first-order valence-corrected chi connectivity index (χ1v) is 8.48. The molecule has 0 aromatic rings. The van der Waals surface area contributed by atoms with Crippen LogP contribution >= 0.6 is 0 Å². The van der Waals surface area contributed by atoms with Gasteiger partial charge in [-0.15, -0.1) is 0 Å². The first-order valence-electron chi connectivity index (χ1n) is 6.87. The number of nitrogens with one attached hydrogen (secondary N) is 1. The Kier molecular flexibility index (Phi) is 6.89. The van der Waals surface area contributed by atoms with Crippen molar-refractivity contribution in [1.82, 2.24) is 5.32 Å². The van der Waals surface area contributed by atoms with Gasteiger partial charge in [-0.2, -0.15) is 8.42 Å². The predicted octanol–water partition coefficient (Wildman–Crippen LogP) is 2.38. The van der Waals surface area contributed by atoms with Crippen molar-refractivity contribution in [1.29, 1.82) is 0 Å². The molecular weight excluding hydrogens is 250 g/mol. The zero-order valence-corrected chi connectivity index (χ0v) is 12.0. The van der Waals surface area contributed by atoms with Crippen LogP contribution < -0.4 is 5.32 Å². The predicted molar refractivity (Wildman–Crippen MR) is 74.2 cm³/mol. The summed E-state index contributed by atoms with van der Waals surface area (Å²) in [4.78, 5) is 0. The third kappa shape index (κ3) is 6.52. The highest BCUT2D eigenvalue weighted by Crippen LogP contribution is 2.26. The molecule has 1 fully saturated rings. The fraction of sp³-hybridized carbons (Fsp3) is 0.846. The third-order valence-corrected chi connectivity index (χ3v) is 4.23. The summed E-state index contributed by atoms with van der Waals surface area (Å²) in [5.74, 6) is 0.473. The third-order valence-electron chi connectivity index (χ3n) is 3.43. The minimum absolute atomic E-state index is 0.124. The Morgan fingerprint density at radius 1 is 1.39 bits per heavy atom. The fourth-order valence-corrected chi connectivity index (χ4v) is 2.96. The minimum Gasteiger partial charge on any atom is -0.317 e. The second kappa shape index (κ2) is 7.92. The molecular formula is C13H25NO3S. The summed E-state index contributed by atoms with van der Waals surface area (Å²) in [6.45, 7) is 4.24. The molecule has 2 N–H and O–H groups in total. The van der Waals surface area contributed by atoms with Crippen molar-refractivity contribution in [2.45, 2.75) is 45.4 Å². The average Bonchev–Trinajstić information content (AvgIpc) is 2.33. The molecule has 4 nitrogen and oxygen atoms in total. The second-order valence-corrected chi connectivity index (χ2v) is 6.55. The lowest BCUT2D eigenvalue weighted by atomic mass is 9.86. The number of allylic oxidation sites excluding steroid dienone is 2. The number of unbranched alkanes of at least 4 members (excludes halogenated alkanes) is 1. The smallest absolute Gasteiger partial charge is 0.264 e. The van der Waals surface area contributed by atoms with Crippen LogP contribution in [-0.2, 0) is 10.1 Å². The molecule has 1 heterocycles. The summed E-state index contributed by atoms with van der Waals surface area (Å²) in [5, 5.41) is 3.34. The molecule has 0 spiro atoms. The Labute approximate surface area is 111 Å². The molecule has 106 valence electrons. The molecule has 1 rings (SSSR count). The highest BCUT2D eigenvalue weighted by molar-refractivity contribution is 7.85. The summed E-state index contributed by atoms with van der Waals surface area (Å²) in [6.07, 6.45) is 8.06. The molecule has 1 aliphatic heterocycles. The monoisotopic (exact) mass is 275 g/mol. The molecule has 0 aromatic carbocycles. The Morgan fingerprint density at radius 2 is 2.06 bits per heavy atom. The number of piperidine rings is 1. The van der Waals surface area contributed by atoms with Gasteiger partial charge in [0, 0.05) is 0 Å². The van der Waals surface area contributed by atoms with Crippen LogP contribution in [0.3, 0.4) is 0 Å². The van der Waals surface area contributed by atoms with Crippen molar-refractivity contribution < 1.29 is 13.0 Å². The van der Waals surface area contributed by atoms with Gasteiger partial charge in [0.05, 0.1) is 5.75 Å². The van der Waals surface area contributed by atoms with Crippen LogP contribution in [0.2, 0.25) is 0 Å². The fourth-order valence-electron chi connectivity index (χ4n) is 2.45. The van der Waals surface area contributed by atoms with E-state index in [0.717, 1.165) is 45.2 Å². The highest BCUT2D eigenvalue weighted by Gasteiger charge is 2.17. The van der Waals surface area contributed by atoms with Crippen molar-refractivity contribution in [3.05, 3.63) is 11.6 Å². The van der Waals surface area contributed by atoms with Crippen molar-refractivity contribution in [2.75, 3.05) is 18.8 Å². The molecule has 1 aliphatic rings. The maximum absolute atomic E-state index is 10.7. The van der Waals surface area contributed by atoms with Crippen LogP contribution in [0.1, 0.15) is 45.4 Å². The molecule has 5 heteroatoms. The summed E-state index contributed by atoms with van der Waals surface area (Å²) >= 11 is 0. The number of hydrogen-bond donors (Lipinski definition) is 2. The van der Waals surface area contributed by atoms with Crippen LogP contribution in [0.25, 0.3) is 0 Å². The van der Waals surface area contributed by atoms with E-state index in [2.05, 4.69) is 18.3 Å². The second-order valence-electron chi connectivity index (χ2n) is 4.98. The molecule has 0 atom stereocenters. The quantitative estimate of drug-likeness (QED) is 0.553. The Hall–Kier alpha value is -0.390. The van der Waals surface area contributed by atoms with Gasteiger partial charge in [0.25, 0.3) is 10.1 Å². The van der Waals surface area contributed by atoms with Gasteiger partial charge in [0.2, 0.25) is 0 Å². The van der Waals surface area contributed by atoms with E-state index in [0.29, 0.717) is 12.3 Å².